The summed E-state index contributed by atoms with van der Waals surface area (Å²) >= 11 is 0. The molecule has 28 heavy (non-hydrogen) atoms. The molecule has 0 atom stereocenters. The van der Waals surface area contributed by atoms with Gasteiger partial charge in [0.25, 0.3) is 5.91 Å². The summed E-state index contributed by atoms with van der Waals surface area (Å²) in [4.78, 5) is 36.1. The highest BCUT2D eigenvalue weighted by Crippen LogP contribution is 2.16. The Bertz CT molecular complexity index is 946. The Kier molecular flexibility index (Phi) is 6.25. The van der Waals surface area contributed by atoms with E-state index in [1.807, 2.05) is 6.07 Å². The number of hydrogen-bond donors (Lipinski definition) is 2. The molecular weight excluding hydrogens is 358 g/mol. The highest BCUT2D eigenvalue weighted by Gasteiger charge is 2.10. The van der Waals surface area contributed by atoms with Gasteiger partial charge in [-0.05, 0) is 42.8 Å². The first kappa shape index (κ1) is 19.0. The number of benzene rings is 1. The molecule has 8 nitrogen and oxygen atoms in total. The molecule has 2 heterocycles. The molecule has 0 radical (unpaired) electrons. The van der Waals surface area contributed by atoms with E-state index in [0.717, 1.165) is 5.56 Å². The van der Waals surface area contributed by atoms with E-state index in [-0.39, 0.29) is 17.6 Å². The first-order valence-corrected chi connectivity index (χ1v) is 8.69. The van der Waals surface area contributed by atoms with E-state index in [9.17, 15) is 9.59 Å². The molecule has 0 unspecified atom stereocenters. The lowest BCUT2D eigenvalue weighted by atomic mass is 10.2. The van der Waals surface area contributed by atoms with Crippen molar-refractivity contribution >= 4 is 23.4 Å². The Morgan fingerprint density at radius 1 is 1.11 bits per heavy atom. The molecule has 0 bridgehead atoms. The van der Waals surface area contributed by atoms with Crippen molar-refractivity contribution in [2.75, 3.05) is 11.9 Å². The third-order valence-electron chi connectivity index (χ3n) is 3.74. The standard InChI is InChI=1S/C20H19N5O3/c1-2-28-20(27)15-5-7-16(8-6-15)25-18-10-17(23-13-24-18)19(26)22-12-14-4-3-9-21-11-14/h3-11,13H,2,12H2,1H3,(H,22,26)(H,23,24,25). The third kappa shape index (κ3) is 5.10. The summed E-state index contributed by atoms with van der Waals surface area (Å²) in [5.41, 5.74) is 2.31. The van der Waals surface area contributed by atoms with Crippen molar-refractivity contribution in [2.24, 2.45) is 0 Å². The summed E-state index contributed by atoms with van der Waals surface area (Å²) in [7, 11) is 0. The van der Waals surface area contributed by atoms with Gasteiger partial charge in [0.05, 0.1) is 12.2 Å². The molecule has 2 N–H and O–H groups in total. The van der Waals surface area contributed by atoms with Crippen LogP contribution < -0.4 is 10.6 Å². The minimum atomic E-state index is -0.372. The fraction of sp³-hybridized carbons (Fsp3) is 0.150. The van der Waals surface area contributed by atoms with Crippen LogP contribution in [-0.4, -0.2) is 33.4 Å². The van der Waals surface area contributed by atoms with Gasteiger partial charge in [-0.15, -0.1) is 0 Å². The number of amides is 1. The van der Waals surface area contributed by atoms with Gasteiger partial charge in [-0.2, -0.15) is 0 Å². The van der Waals surface area contributed by atoms with Crippen LogP contribution in [0.1, 0.15) is 33.3 Å². The Balaban J connectivity index is 1.62. The fourth-order valence-corrected chi connectivity index (χ4v) is 2.38. The topological polar surface area (TPSA) is 106 Å². The highest BCUT2D eigenvalue weighted by molar-refractivity contribution is 5.93. The van der Waals surface area contributed by atoms with Gasteiger partial charge in [-0.25, -0.2) is 14.8 Å². The van der Waals surface area contributed by atoms with Crippen LogP contribution in [0, 0.1) is 0 Å². The van der Waals surface area contributed by atoms with E-state index in [1.54, 1.807) is 55.7 Å². The van der Waals surface area contributed by atoms with Crippen molar-refractivity contribution in [1.29, 1.82) is 0 Å². The molecule has 0 fully saturated rings. The lowest BCUT2D eigenvalue weighted by Crippen LogP contribution is -2.24. The van der Waals surface area contributed by atoms with Crippen LogP contribution in [0.3, 0.4) is 0 Å². The summed E-state index contributed by atoms with van der Waals surface area (Å²) in [5.74, 6) is -0.221. The molecule has 3 aromatic rings. The average molecular weight is 377 g/mol. The molecule has 0 spiro atoms. The smallest absolute Gasteiger partial charge is 0.338 e. The Morgan fingerprint density at radius 3 is 2.64 bits per heavy atom. The molecule has 2 aromatic heterocycles. The first-order valence-electron chi connectivity index (χ1n) is 8.69. The minimum absolute atomic E-state index is 0.240. The van der Waals surface area contributed by atoms with E-state index in [4.69, 9.17) is 4.74 Å². The largest absolute Gasteiger partial charge is 0.462 e. The summed E-state index contributed by atoms with van der Waals surface area (Å²) < 4.78 is 4.95. The molecule has 3 rings (SSSR count). The van der Waals surface area contributed by atoms with E-state index in [0.29, 0.717) is 30.2 Å². The number of nitrogens with one attached hydrogen (secondary N) is 2. The molecule has 0 saturated carbocycles. The lowest BCUT2D eigenvalue weighted by Gasteiger charge is -2.08. The monoisotopic (exact) mass is 377 g/mol. The van der Waals surface area contributed by atoms with Gasteiger partial charge in [-0.3, -0.25) is 9.78 Å². The van der Waals surface area contributed by atoms with Gasteiger partial charge in [0.2, 0.25) is 0 Å². The summed E-state index contributed by atoms with van der Waals surface area (Å²) in [6.45, 7) is 2.44. The van der Waals surface area contributed by atoms with E-state index < -0.39 is 0 Å². The van der Waals surface area contributed by atoms with E-state index in [2.05, 4.69) is 25.6 Å². The molecular formula is C20H19N5O3. The number of hydrogen-bond acceptors (Lipinski definition) is 7. The number of pyridine rings is 1. The van der Waals surface area contributed by atoms with Crippen LogP contribution >= 0.6 is 0 Å². The Labute approximate surface area is 162 Å². The zero-order valence-electron chi connectivity index (χ0n) is 15.3. The summed E-state index contributed by atoms with van der Waals surface area (Å²) in [5, 5.41) is 5.87. The van der Waals surface area contributed by atoms with Crippen molar-refractivity contribution in [3.8, 4) is 0 Å². The Morgan fingerprint density at radius 2 is 1.93 bits per heavy atom. The SMILES string of the molecule is CCOC(=O)c1ccc(Nc2cc(C(=O)NCc3cccnc3)ncn2)cc1. The van der Waals surface area contributed by atoms with Crippen LogP contribution in [0.2, 0.25) is 0 Å². The maximum atomic E-state index is 12.3. The van der Waals surface area contributed by atoms with Gasteiger partial charge in [0.1, 0.15) is 17.8 Å². The van der Waals surface area contributed by atoms with Crippen molar-refractivity contribution in [1.82, 2.24) is 20.3 Å². The van der Waals surface area contributed by atoms with Gasteiger partial charge >= 0.3 is 5.97 Å². The van der Waals surface area contributed by atoms with Gasteiger partial charge < -0.3 is 15.4 Å². The molecule has 0 aliphatic heterocycles. The zero-order chi connectivity index (χ0) is 19.8. The predicted molar refractivity (Wildman–Crippen MR) is 103 cm³/mol. The van der Waals surface area contributed by atoms with Crippen LogP contribution in [0.5, 0.6) is 0 Å². The van der Waals surface area contributed by atoms with Crippen molar-refractivity contribution < 1.29 is 14.3 Å². The summed E-state index contributed by atoms with van der Waals surface area (Å²) in [6, 6.07) is 12.0. The van der Waals surface area contributed by atoms with Crippen LogP contribution in [0.25, 0.3) is 0 Å². The molecule has 142 valence electrons. The Hall–Kier alpha value is -3.81. The van der Waals surface area contributed by atoms with Crippen LogP contribution in [0.15, 0.2) is 61.2 Å². The quantitative estimate of drug-likeness (QED) is 0.610. The minimum Gasteiger partial charge on any atom is -0.462 e. The molecule has 0 aliphatic carbocycles. The van der Waals surface area contributed by atoms with Gasteiger partial charge in [0.15, 0.2) is 0 Å². The number of esters is 1. The maximum Gasteiger partial charge on any atom is 0.338 e. The predicted octanol–water partition coefficient (Wildman–Crippen LogP) is 2.72. The molecule has 0 saturated heterocycles. The number of carbonyl (C=O) groups excluding carboxylic acids is 2. The summed E-state index contributed by atoms with van der Waals surface area (Å²) in [6.07, 6.45) is 4.68. The van der Waals surface area contributed by atoms with Gasteiger partial charge in [0, 0.05) is 30.7 Å². The number of carbonyl (C=O) groups is 2. The molecule has 0 aliphatic rings. The van der Waals surface area contributed by atoms with Gasteiger partial charge in [-0.1, -0.05) is 6.07 Å². The second-order valence-electron chi connectivity index (χ2n) is 5.76. The first-order chi connectivity index (χ1) is 13.7. The van der Waals surface area contributed by atoms with Crippen LogP contribution in [0.4, 0.5) is 11.5 Å². The number of nitrogens with zero attached hydrogens (tertiary/aromatic N) is 3. The second kappa shape index (κ2) is 9.22. The molecule has 1 aromatic carbocycles. The zero-order valence-corrected chi connectivity index (χ0v) is 15.3. The number of ether oxygens (including phenoxy) is 1. The molecule has 1 amide bonds. The fourth-order valence-electron chi connectivity index (χ4n) is 2.38. The normalized spacial score (nSPS) is 10.2. The van der Waals surface area contributed by atoms with E-state index >= 15 is 0 Å². The van der Waals surface area contributed by atoms with Crippen LogP contribution in [-0.2, 0) is 11.3 Å². The van der Waals surface area contributed by atoms with Crippen molar-refractivity contribution in [2.45, 2.75) is 13.5 Å². The highest BCUT2D eigenvalue weighted by atomic mass is 16.5. The lowest BCUT2D eigenvalue weighted by molar-refractivity contribution is 0.0526. The second-order valence-corrected chi connectivity index (χ2v) is 5.76. The maximum absolute atomic E-state index is 12.3. The molecule has 8 heteroatoms. The van der Waals surface area contributed by atoms with Crippen molar-refractivity contribution in [3.63, 3.8) is 0 Å². The third-order valence-corrected chi connectivity index (χ3v) is 3.74. The van der Waals surface area contributed by atoms with E-state index in [1.165, 1.54) is 6.33 Å². The number of anilines is 2. The average Bonchev–Trinajstić information content (AvgIpc) is 2.73. The number of aromatic nitrogens is 3. The van der Waals surface area contributed by atoms with Crippen molar-refractivity contribution in [3.05, 3.63) is 78.0 Å². The number of rotatable bonds is 7.